The molecule has 0 atom stereocenters. The summed E-state index contributed by atoms with van der Waals surface area (Å²) in [5.41, 5.74) is 1.65. The van der Waals surface area contributed by atoms with E-state index in [0.717, 1.165) is 0 Å². The smallest absolute Gasteiger partial charge is 0.274 e. The van der Waals surface area contributed by atoms with E-state index in [1.165, 1.54) is 6.07 Å². The summed E-state index contributed by atoms with van der Waals surface area (Å²) in [5, 5.41) is 23.2. The van der Waals surface area contributed by atoms with Crippen molar-refractivity contribution in [2.75, 3.05) is 5.32 Å². The van der Waals surface area contributed by atoms with Crippen LogP contribution in [0.1, 0.15) is 11.1 Å². The number of rotatable bonds is 4. The molecular formula is C14H10ClN3O2. The first-order valence-electron chi connectivity index (χ1n) is 5.77. The Kier molecular flexibility index (Phi) is 4.18. The van der Waals surface area contributed by atoms with Crippen LogP contribution in [0.2, 0.25) is 5.02 Å². The fraction of sp³-hybridized carbons (Fsp3) is 0.0714. The second kappa shape index (κ2) is 6.04. The van der Waals surface area contributed by atoms with Gasteiger partial charge in [0.1, 0.15) is 0 Å². The summed E-state index contributed by atoms with van der Waals surface area (Å²) >= 11 is 6.02. The lowest BCUT2D eigenvalue weighted by atomic mass is 10.1. The van der Waals surface area contributed by atoms with E-state index >= 15 is 0 Å². The van der Waals surface area contributed by atoms with E-state index < -0.39 is 4.92 Å². The molecule has 20 heavy (non-hydrogen) atoms. The van der Waals surface area contributed by atoms with Crippen molar-refractivity contribution in [3.05, 3.63) is 68.7 Å². The molecule has 0 amide bonds. The van der Waals surface area contributed by atoms with Gasteiger partial charge in [0.15, 0.2) is 0 Å². The van der Waals surface area contributed by atoms with Gasteiger partial charge >= 0.3 is 0 Å². The van der Waals surface area contributed by atoms with Gasteiger partial charge in [0.25, 0.3) is 5.69 Å². The highest BCUT2D eigenvalue weighted by molar-refractivity contribution is 6.33. The zero-order valence-corrected chi connectivity index (χ0v) is 11.1. The number of anilines is 1. The highest BCUT2D eigenvalue weighted by Gasteiger charge is 2.12. The number of benzene rings is 2. The Morgan fingerprint density at radius 2 is 2.05 bits per heavy atom. The van der Waals surface area contributed by atoms with Gasteiger partial charge in [-0.1, -0.05) is 29.8 Å². The topological polar surface area (TPSA) is 79.0 Å². The lowest BCUT2D eigenvalue weighted by Gasteiger charge is -2.09. The van der Waals surface area contributed by atoms with Gasteiger partial charge in [0.05, 0.1) is 27.3 Å². The fourth-order valence-corrected chi connectivity index (χ4v) is 1.94. The molecule has 0 spiro atoms. The van der Waals surface area contributed by atoms with Crippen molar-refractivity contribution in [2.45, 2.75) is 6.54 Å². The van der Waals surface area contributed by atoms with Crippen molar-refractivity contribution in [3.63, 3.8) is 0 Å². The minimum Gasteiger partial charge on any atom is -0.379 e. The van der Waals surface area contributed by atoms with E-state index in [1.807, 2.05) is 6.07 Å². The van der Waals surface area contributed by atoms with Crippen LogP contribution in [0.4, 0.5) is 11.4 Å². The van der Waals surface area contributed by atoms with Crippen molar-refractivity contribution in [2.24, 2.45) is 0 Å². The predicted octanol–water partition coefficient (Wildman–Crippen LogP) is 3.73. The van der Waals surface area contributed by atoms with Gasteiger partial charge < -0.3 is 5.32 Å². The number of nitrogens with zero attached hydrogens (tertiary/aromatic N) is 2. The van der Waals surface area contributed by atoms with Gasteiger partial charge in [0.2, 0.25) is 0 Å². The molecule has 6 heteroatoms. The van der Waals surface area contributed by atoms with Gasteiger partial charge in [-0.15, -0.1) is 0 Å². The highest BCUT2D eigenvalue weighted by Crippen LogP contribution is 2.25. The molecule has 0 aromatic heterocycles. The largest absolute Gasteiger partial charge is 0.379 e. The van der Waals surface area contributed by atoms with Crippen LogP contribution in [0.25, 0.3) is 0 Å². The number of hydrogen-bond acceptors (Lipinski definition) is 4. The molecule has 0 fully saturated rings. The standard InChI is InChI=1S/C14H10ClN3O2/c15-12-6-5-10(8-16)7-13(12)17-9-11-3-1-2-4-14(11)18(19)20/h1-7,17H,9H2. The van der Waals surface area contributed by atoms with Crippen molar-refractivity contribution in [3.8, 4) is 6.07 Å². The van der Waals surface area contributed by atoms with Gasteiger partial charge in [-0.2, -0.15) is 5.26 Å². The number of nitro groups is 1. The molecule has 100 valence electrons. The summed E-state index contributed by atoms with van der Waals surface area (Å²) < 4.78 is 0. The molecule has 2 aromatic carbocycles. The Morgan fingerprint density at radius 1 is 1.30 bits per heavy atom. The van der Waals surface area contributed by atoms with Gasteiger partial charge in [-0.25, -0.2) is 0 Å². The molecule has 0 saturated carbocycles. The molecule has 0 aliphatic heterocycles. The first-order chi connectivity index (χ1) is 9.61. The summed E-state index contributed by atoms with van der Waals surface area (Å²) in [7, 11) is 0. The molecule has 0 aliphatic carbocycles. The van der Waals surface area contributed by atoms with Gasteiger partial charge in [-0.3, -0.25) is 10.1 Å². The first kappa shape index (κ1) is 13.8. The minimum atomic E-state index is -0.426. The molecule has 5 nitrogen and oxygen atoms in total. The number of hydrogen-bond donors (Lipinski definition) is 1. The lowest BCUT2D eigenvalue weighted by Crippen LogP contribution is -2.03. The van der Waals surface area contributed by atoms with Crippen LogP contribution in [0.3, 0.4) is 0 Å². The fourth-order valence-electron chi connectivity index (χ4n) is 1.76. The Labute approximate surface area is 120 Å². The van der Waals surface area contributed by atoms with E-state index in [9.17, 15) is 10.1 Å². The normalized spacial score (nSPS) is 9.80. The number of nitro benzene ring substituents is 1. The molecule has 0 unspecified atom stereocenters. The van der Waals surface area contributed by atoms with Crippen molar-refractivity contribution >= 4 is 23.0 Å². The van der Waals surface area contributed by atoms with Gasteiger partial charge in [0, 0.05) is 18.2 Å². The quantitative estimate of drug-likeness (QED) is 0.686. The number of nitriles is 1. The van der Waals surface area contributed by atoms with E-state index in [4.69, 9.17) is 16.9 Å². The molecule has 0 bridgehead atoms. The molecule has 0 radical (unpaired) electrons. The third-order valence-corrected chi connectivity index (χ3v) is 3.08. The third-order valence-electron chi connectivity index (χ3n) is 2.75. The van der Waals surface area contributed by atoms with Crippen LogP contribution in [-0.4, -0.2) is 4.92 Å². The van der Waals surface area contributed by atoms with E-state index in [1.54, 1.807) is 36.4 Å². The van der Waals surface area contributed by atoms with Crippen LogP contribution in [0, 0.1) is 21.4 Å². The molecule has 2 aromatic rings. The number of nitrogens with one attached hydrogen (secondary N) is 1. The van der Waals surface area contributed by atoms with Crippen LogP contribution >= 0.6 is 11.6 Å². The molecule has 2 rings (SSSR count). The Hall–Kier alpha value is -2.58. The van der Waals surface area contributed by atoms with Crippen molar-refractivity contribution in [1.29, 1.82) is 5.26 Å². The molecule has 0 aliphatic rings. The van der Waals surface area contributed by atoms with E-state index in [2.05, 4.69) is 5.32 Å². The van der Waals surface area contributed by atoms with Crippen LogP contribution < -0.4 is 5.32 Å². The van der Waals surface area contributed by atoms with Gasteiger partial charge in [-0.05, 0) is 18.2 Å². The molecular weight excluding hydrogens is 278 g/mol. The Balaban J connectivity index is 2.21. The second-order valence-electron chi connectivity index (χ2n) is 4.05. The minimum absolute atomic E-state index is 0.0487. The highest BCUT2D eigenvalue weighted by atomic mass is 35.5. The van der Waals surface area contributed by atoms with E-state index in [0.29, 0.717) is 21.8 Å². The Bertz CT molecular complexity index is 695. The van der Waals surface area contributed by atoms with Crippen LogP contribution in [-0.2, 0) is 6.54 Å². The zero-order chi connectivity index (χ0) is 14.5. The Morgan fingerprint density at radius 3 is 2.75 bits per heavy atom. The third kappa shape index (κ3) is 3.05. The van der Waals surface area contributed by atoms with E-state index in [-0.39, 0.29) is 12.2 Å². The van der Waals surface area contributed by atoms with Crippen LogP contribution in [0.5, 0.6) is 0 Å². The number of halogens is 1. The molecule has 0 saturated heterocycles. The summed E-state index contributed by atoms with van der Waals surface area (Å²) in [5.74, 6) is 0. The number of para-hydroxylation sites is 1. The summed E-state index contributed by atoms with van der Waals surface area (Å²) in [4.78, 5) is 10.5. The van der Waals surface area contributed by atoms with Crippen molar-refractivity contribution < 1.29 is 4.92 Å². The molecule has 0 heterocycles. The second-order valence-corrected chi connectivity index (χ2v) is 4.45. The SMILES string of the molecule is N#Cc1ccc(Cl)c(NCc2ccccc2[N+](=O)[O-])c1. The predicted molar refractivity (Wildman–Crippen MR) is 76.6 cm³/mol. The lowest BCUT2D eigenvalue weighted by molar-refractivity contribution is -0.385. The van der Waals surface area contributed by atoms with Crippen LogP contribution in [0.15, 0.2) is 42.5 Å². The monoisotopic (exact) mass is 287 g/mol. The summed E-state index contributed by atoms with van der Waals surface area (Å²) in [6.07, 6.45) is 0. The first-order valence-corrected chi connectivity index (χ1v) is 6.15. The summed E-state index contributed by atoms with van der Waals surface area (Å²) in [6.45, 7) is 0.256. The maximum atomic E-state index is 10.9. The average molecular weight is 288 g/mol. The average Bonchev–Trinajstić information content (AvgIpc) is 2.46. The van der Waals surface area contributed by atoms with Crippen molar-refractivity contribution in [1.82, 2.24) is 0 Å². The maximum absolute atomic E-state index is 10.9. The maximum Gasteiger partial charge on any atom is 0.274 e. The summed E-state index contributed by atoms with van der Waals surface area (Å²) in [6, 6.07) is 13.3. The zero-order valence-electron chi connectivity index (χ0n) is 10.3. The molecule has 1 N–H and O–H groups in total.